The summed E-state index contributed by atoms with van der Waals surface area (Å²) in [4.78, 5) is 26.3. The van der Waals surface area contributed by atoms with Gasteiger partial charge in [0.25, 0.3) is 0 Å². The number of nitrogens with one attached hydrogen (secondary N) is 1. The van der Waals surface area contributed by atoms with E-state index in [1.165, 1.54) is 4.73 Å². The molecule has 0 saturated carbocycles. The maximum absolute atomic E-state index is 12.5. The fourth-order valence-corrected chi connectivity index (χ4v) is 3.76. The quantitative estimate of drug-likeness (QED) is 0.517. The highest BCUT2D eigenvalue weighted by molar-refractivity contribution is 6.13. The Hall–Kier alpha value is -3.94. The van der Waals surface area contributed by atoms with Crippen molar-refractivity contribution in [2.24, 2.45) is 4.99 Å². The Kier molecular flexibility index (Phi) is 6.00. The number of aliphatic imine (C=N–C) groups is 1. The van der Waals surface area contributed by atoms with Crippen LogP contribution in [0.2, 0.25) is 0 Å². The van der Waals surface area contributed by atoms with Crippen LogP contribution >= 0.6 is 0 Å². The van der Waals surface area contributed by atoms with Crippen LogP contribution in [0, 0.1) is 13.8 Å². The molecular weight excluding hydrogens is 434 g/mol. The molecule has 3 heterocycles. The lowest BCUT2D eigenvalue weighted by Gasteiger charge is -2.19. The molecule has 0 bridgehead atoms. The molecule has 0 radical (unpaired) electrons. The zero-order chi connectivity index (χ0) is 24.6. The minimum Gasteiger partial charge on any atom is -0.497 e. The van der Waals surface area contributed by atoms with Gasteiger partial charge in [-0.05, 0) is 76.6 Å². The first-order valence-electron chi connectivity index (χ1n) is 10.9. The number of carbonyl (C=O) groups excluding carboxylic acids is 1. The third-order valence-corrected chi connectivity index (χ3v) is 5.23. The second kappa shape index (κ2) is 8.78. The number of aromatic amines is 1. The predicted molar refractivity (Wildman–Crippen MR) is 131 cm³/mol. The average Bonchev–Trinajstić information content (AvgIpc) is 3.41. The fourth-order valence-electron chi connectivity index (χ4n) is 3.76. The number of H-pyrrole nitrogens is 1. The van der Waals surface area contributed by atoms with E-state index in [-0.39, 0.29) is 0 Å². The molecule has 1 aliphatic heterocycles. The molecule has 0 unspecified atom stereocenters. The largest absolute Gasteiger partial charge is 0.534 e. The van der Waals surface area contributed by atoms with Crippen molar-refractivity contribution in [2.45, 2.75) is 40.2 Å². The Labute approximate surface area is 198 Å². The zero-order valence-electron chi connectivity index (χ0n) is 20.5. The summed E-state index contributed by atoms with van der Waals surface area (Å²) in [6, 6.07) is 9.45. The molecule has 0 amide bonds. The summed E-state index contributed by atoms with van der Waals surface area (Å²) < 4.78 is 17.8. The van der Waals surface area contributed by atoms with Crippen LogP contribution in [0.25, 0.3) is 17.0 Å². The lowest BCUT2D eigenvalue weighted by atomic mass is 10.2. The van der Waals surface area contributed by atoms with E-state index in [2.05, 4.69) is 11.1 Å². The first-order valence-corrected chi connectivity index (χ1v) is 10.9. The number of ether oxygens (including phenoxy) is 3. The highest BCUT2D eigenvalue weighted by atomic mass is 16.8. The van der Waals surface area contributed by atoms with E-state index in [9.17, 15) is 4.79 Å². The van der Waals surface area contributed by atoms with E-state index in [4.69, 9.17) is 24.0 Å². The van der Waals surface area contributed by atoms with Crippen molar-refractivity contribution in [3.63, 3.8) is 0 Å². The van der Waals surface area contributed by atoms with Crippen molar-refractivity contribution in [3.05, 3.63) is 70.5 Å². The third-order valence-electron chi connectivity index (χ3n) is 5.23. The van der Waals surface area contributed by atoms with Gasteiger partial charge in [-0.15, -0.1) is 0 Å². The maximum Gasteiger partial charge on any atom is 0.534 e. The molecule has 0 atom stereocenters. The zero-order valence-corrected chi connectivity index (χ0v) is 20.5. The lowest BCUT2D eigenvalue weighted by Crippen LogP contribution is -2.31. The van der Waals surface area contributed by atoms with E-state index in [0.717, 1.165) is 22.3 Å². The molecule has 1 N–H and O–H groups in total. The number of allylic oxidation sites excluding steroid dienone is 1. The Morgan fingerprint density at radius 3 is 2.47 bits per heavy atom. The number of rotatable bonds is 5. The van der Waals surface area contributed by atoms with E-state index >= 15 is 0 Å². The van der Waals surface area contributed by atoms with Crippen LogP contribution in [-0.2, 0) is 9.47 Å². The van der Waals surface area contributed by atoms with E-state index in [1.54, 1.807) is 41.1 Å². The molecule has 178 valence electrons. The molecule has 8 heteroatoms. The maximum atomic E-state index is 12.5. The molecule has 0 saturated heterocycles. The van der Waals surface area contributed by atoms with Gasteiger partial charge in [0, 0.05) is 22.9 Å². The van der Waals surface area contributed by atoms with Gasteiger partial charge in [0.2, 0.25) is 0 Å². The molecule has 34 heavy (non-hydrogen) atoms. The number of fused-ring (bicyclic) bond motifs is 1. The number of hydrogen-bond donors (Lipinski definition) is 1. The summed E-state index contributed by atoms with van der Waals surface area (Å²) in [7, 11) is 3.20. The molecule has 1 aromatic carbocycles. The molecule has 0 spiro atoms. The van der Waals surface area contributed by atoms with Gasteiger partial charge in [0.15, 0.2) is 0 Å². The highest BCUT2D eigenvalue weighted by Crippen LogP contribution is 2.30. The van der Waals surface area contributed by atoms with Gasteiger partial charge in [0.1, 0.15) is 28.5 Å². The fraction of sp³-hybridized carbons (Fsp3) is 0.308. The molecule has 3 aromatic rings. The summed E-state index contributed by atoms with van der Waals surface area (Å²) >= 11 is 0. The number of hydrogen-bond acceptors (Lipinski definition) is 6. The highest BCUT2D eigenvalue weighted by Gasteiger charge is 2.25. The number of methoxy groups -OCH3 is 2. The van der Waals surface area contributed by atoms with E-state index < -0.39 is 11.8 Å². The SMILES string of the molecule is COC1=CC(c2cc3cc(OC)ccc3n2OC(=O)OC(C)(C)C)=NC1=Cc1[nH]c(C)cc1C. The van der Waals surface area contributed by atoms with Crippen molar-refractivity contribution in [1.82, 2.24) is 9.71 Å². The van der Waals surface area contributed by atoms with Gasteiger partial charge in [-0.3, -0.25) is 0 Å². The lowest BCUT2D eigenvalue weighted by molar-refractivity contribution is -0.00893. The second-order valence-corrected chi connectivity index (χ2v) is 9.09. The predicted octanol–water partition coefficient (Wildman–Crippen LogP) is 5.33. The normalized spacial score (nSPS) is 14.9. The van der Waals surface area contributed by atoms with Crippen molar-refractivity contribution in [3.8, 4) is 5.75 Å². The van der Waals surface area contributed by atoms with Gasteiger partial charge in [0.05, 0.1) is 25.4 Å². The first kappa shape index (κ1) is 23.2. The van der Waals surface area contributed by atoms with Gasteiger partial charge < -0.3 is 24.0 Å². The summed E-state index contributed by atoms with van der Waals surface area (Å²) in [5.74, 6) is 1.29. The standard InChI is InChI=1S/C26H29N3O5/c1-15-10-16(2)27-19(15)13-21-24(32-7)14-20(28-21)23-12-17-11-18(31-6)8-9-22(17)29(23)34-25(30)33-26(3,4)5/h8-14,27H,1-7H3. The smallest absolute Gasteiger partial charge is 0.497 e. The summed E-state index contributed by atoms with van der Waals surface area (Å²) in [5, 5.41) is 0.821. The molecule has 1 aliphatic rings. The van der Waals surface area contributed by atoms with Crippen molar-refractivity contribution >= 4 is 28.8 Å². The molecular formula is C26H29N3O5. The van der Waals surface area contributed by atoms with Crippen LogP contribution in [0.5, 0.6) is 5.75 Å². The molecule has 8 nitrogen and oxygen atoms in total. The third kappa shape index (κ3) is 4.71. The minimum absolute atomic E-state index is 0.575. The van der Waals surface area contributed by atoms with Gasteiger partial charge in [-0.1, -0.05) is 0 Å². The Balaban J connectivity index is 1.81. The van der Waals surface area contributed by atoms with Gasteiger partial charge in [-0.2, -0.15) is 4.73 Å². The van der Waals surface area contributed by atoms with Crippen molar-refractivity contribution in [2.75, 3.05) is 14.2 Å². The Morgan fingerprint density at radius 1 is 1.09 bits per heavy atom. The average molecular weight is 464 g/mol. The van der Waals surface area contributed by atoms with Gasteiger partial charge >= 0.3 is 6.16 Å². The summed E-state index contributed by atoms with van der Waals surface area (Å²) in [5.41, 5.74) is 4.93. The monoisotopic (exact) mass is 463 g/mol. The molecule has 2 aromatic heterocycles. The van der Waals surface area contributed by atoms with E-state index in [0.29, 0.717) is 34.1 Å². The van der Waals surface area contributed by atoms with Gasteiger partial charge in [-0.25, -0.2) is 9.79 Å². The Morgan fingerprint density at radius 2 is 1.85 bits per heavy atom. The number of aryl methyl sites for hydroxylation is 2. The van der Waals surface area contributed by atoms with Crippen LogP contribution < -0.4 is 9.57 Å². The summed E-state index contributed by atoms with van der Waals surface area (Å²) in [6.45, 7) is 9.38. The van der Waals surface area contributed by atoms with Crippen LogP contribution in [0.4, 0.5) is 4.79 Å². The van der Waals surface area contributed by atoms with Crippen LogP contribution in [0.3, 0.4) is 0 Å². The van der Waals surface area contributed by atoms with Crippen LogP contribution in [0.15, 0.2) is 52.9 Å². The number of nitrogens with zero attached hydrogens (tertiary/aromatic N) is 2. The van der Waals surface area contributed by atoms with Crippen LogP contribution in [-0.4, -0.2) is 41.4 Å². The van der Waals surface area contributed by atoms with Crippen LogP contribution in [0.1, 0.15) is 43.4 Å². The first-order chi connectivity index (χ1) is 16.1. The number of benzene rings is 1. The number of carbonyl (C=O) groups is 1. The van der Waals surface area contributed by atoms with E-state index in [1.807, 2.05) is 44.2 Å². The Bertz CT molecular complexity index is 1350. The molecule has 4 rings (SSSR count). The van der Waals surface area contributed by atoms with Crippen molar-refractivity contribution < 1.29 is 23.8 Å². The molecule has 0 fully saturated rings. The minimum atomic E-state index is -0.815. The summed E-state index contributed by atoms with van der Waals surface area (Å²) in [6.07, 6.45) is 2.94. The number of aromatic nitrogens is 2. The molecule has 0 aliphatic carbocycles. The van der Waals surface area contributed by atoms with Crippen molar-refractivity contribution in [1.29, 1.82) is 0 Å². The topological polar surface area (TPSA) is 87.1 Å². The second-order valence-electron chi connectivity index (χ2n) is 9.09.